The van der Waals surface area contributed by atoms with Crippen LogP contribution in [0.3, 0.4) is 0 Å². The van der Waals surface area contributed by atoms with Crippen molar-refractivity contribution in [3.8, 4) is 23.0 Å². The predicted molar refractivity (Wildman–Crippen MR) is 144 cm³/mol. The van der Waals surface area contributed by atoms with E-state index in [1.165, 1.54) is 32.5 Å². The SMILES string of the molecule is [B]C([B])([B])n1cc(C(F)(F)F)nc1-c1ccc(COc2nc(/C(C(=N)OC)=C(/[N-]C)C3CC3)ncc2OC)cc1.[K+]. The van der Waals surface area contributed by atoms with Gasteiger partial charge in [-0.25, -0.2) is 9.97 Å². The molecule has 3 aromatic rings. The van der Waals surface area contributed by atoms with Crippen LogP contribution in [0.1, 0.15) is 29.9 Å². The maximum Gasteiger partial charge on any atom is 1.00 e. The number of imidazole rings is 1. The van der Waals surface area contributed by atoms with Crippen LogP contribution in [0.15, 0.2) is 42.4 Å². The third-order valence-electron chi connectivity index (χ3n) is 6.06. The van der Waals surface area contributed by atoms with E-state index in [1.54, 1.807) is 19.2 Å². The molecule has 2 heterocycles. The van der Waals surface area contributed by atoms with E-state index in [2.05, 4.69) is 20.3 Å². The molecule has 2 aromatic heterocycles. The number of aromatic nitrogens is 4. The molecule has 0 bridgehead atoms. The van der Waals surface area contributed by atoms with Crippen LogP contribution in [-0.2, 0) is 22.8 Å². The minimum Gasteiger partial charge on any atom is -0.689 e. The number of hydrogen-bond acceptors (Lipinski definition) is 7. The predicted octanol–water partition coefficient (Wildman–Crippen LogP) is 0.772. The Morgan fingerprint density at radius 2 is 1.78 bits per heavy atom. The van der Waals surface area contributed by atoms with Gasteiger partial charge < -0.3 is 24.1 Å². The molecule has 6 radical (unpaired) electrons. The number of alkyl halides is 3. The van der Waals surface area contributed by atoms with Gasteiger partial charge in [-0.1, -0.05) is 29.5 Å². The second-order valence-corrected chi connectivity index (χ2v) is 9.05. The second kappa shape index (κ2) is 13.4. The van der Waals surface area contributed by atoms with E-state index in [0.29, 0.717) is 28.6 Å². The molecule has 0 amide bonds. The summed E-state index contributed by atoms with van der Waals surface area (Å²) in [6.45, 7) is 0.0261. The van der Waals surface area contributed by atoms with Gasteiger partial charge in [-0.3, -0.25) is 5.41 Å². The molecule has 0 aliphatic heterocycles. The third-order valence-corrected chi connectivity index (χ3v) is 6.06. The summed E-state index contributed by atoms with van der Waals surface area (Å²) in [5.74, 6) is 0.511. The number of methoxy groups -OCH3 is 2. The standard InChI is InChI=1S/C25H23B3F3N6O3.K/c1-33-19(14-8-9-14)18(20(32)39-3)21-34-10-16(38-2)23(36-21)40-12-13-4-6-15(7-5-13)22-35-17(24(29,30)31)11-37(22)25(26,27)28;/h4-7,10-11,14,32H,8-9,12H2,1-3H3;/q-1;+1/b19-18+,32-20?;. The zero-order valence-corrected chi connectivity index (χ0v) is 26.1. The molecule has 9 nitrogen and oxygen atoms in total. The van der Waals surface area contributed by atoms with Crippen LogP contribution in [-0.4, -0.2) is 70.2 Å². The van der Waals surface area contributed by atoms with Crippen molar-refractivity contribution < 1.29 is 78.8 Å². The van der Waals surface area contributed by atoms with E-state index in [1.807, 2.05) is 0 Å². The molecule has 41 heavy (non-hydrogen) atoms. The van der Waals surface area contributed by atoms with Crippen LogP contribution in [0.4, 0.5) is 13.2 Å². The number of nitrogens with one attached hydrogen (secondary N) is 1. The fourth-order valence-corrected chi connectivity index (χ4v) is 3.93. The molecule has 0 unspecified atom stereocenters. The Bertz CT molecular complexity index is 1420. The number of rotatable bonds is 10. The summed E-state index contributed by atoms with van der Waals surface area (Å²) in [4.78, 5) is 12.5. The number of nitrogens with zero attached hydrogens (tertiary/aromatic N) is 5. The van der Waals surface area contributed by atoms with Gasteiger partial charge in [0.25, 0.3) is 5.88 Å². The number of ether oxygens (including phenoxy) is 3. The normalized spacial score (nSPS) is 14.0. The zero-order chi connectivity index (χ0) is 29.2. The summed E-state index contributed by atoms with van der Waals surface area (Å²) < 4.78 is 57.1. The Morgan fingerprint density at radius 1 is 1.12 bits per heavy atom. The smallest absolute Gasteiger partial charge is 0.689 e. The van der Waals surface area contributed by atoms with Crippen molar-refractivity contribution in [1.29, 1.82) is 5.41 Å². The van der Waals surface area contributed by atoms with E-state index in [9.17, 15) is 13.2 Å². The van der Waals surface area contributed by atoms with Crippen molar-refractivity contribution in [2.24, 2.45) is 5.92 Å². The Labute approximate surface area is 282 Å². The van der Waals surface area contributed by atoms with Crippen molar-refractivity contribution >= 4 is 35.0 Å². The maximum absolute atomic E-state index is 13.3. The fourth-order valence-electron chi connectivity index (χ4n) is 3.93. The molecular weight excluding hydrogens is 561 g/mol. The van der Waals surface area contributed by atoms with Crippen LogP contribution >= 0.6 is 0 Å². The zero-order valence-electron chi connectivity index (χ0n) is 23.0. The van der Waals surface area contributed by atoms with E-state index >= 15 is 0 Å². The van der Waals surface area contributed by atoms with Gasteiger partial charge in [-0.2, -0.15) is 18.2 Å². The van der Waals surface area contributed by atoms with Gasteiger partial charge in [0.2, 0.25) is 5.90 Å². The first-order chi connectivity index (χ1) is 18.9. The molecule has 202 valence electrons. The molecule has 1 N–H and O–H groups in total. The second-order valence-electron chi connectivity index (χ2n) is 9.05. The molecule has 0 atom stereocenters. The van der Waals surface area contributed by atoms with E-state index in [0.717, 1.165) is 17.4 Å². The molecule has 1 aromatic carbocycles. The van der Waals surface area contributed by atoms with Crippen molar-refractivity contribution in [2.45, 2.75) is 30.9 Å². The van der Waals surface area contributed by atoms with Crippen molar-refractivity contribution in [3.05, 3.63) is 64.8 Å². The topological polar surface area (TPSA) is 109 Å². The summed E-state index contributed by atoms with van der Waals surface area (Å²) in [6, 6.07) is 6.35. The summed E-state index contributed by atoms with van der Waals surface area (Å²) in [5.41, 5.74) is 0.830. The Kier molecular flexibility index (Phi) is 10.8. The molecular formula is C25H23B3F3KN6O3. The quantitative estimate of drug-likeness (QED) is 0.215. The van der Waals surface area contributed by atoms with Crippen molar-refractivity contribution in [2.75, 3.05) is 21.3 Å². The van der Waals surface area contributed by atoms with Gasteiger partial charge >= 0.3 is 57.6 Å². The average molecular weight is 584 g/mol. The fraction of sp³-hybridized carbons (Fsp3) is 0.360. The monoisotopic (exact) mass is 584 g/mol. The average Bonchev–Trinajstić information content (AvgIpc) is 3.64. The van der Waals surface area contributed by atoms with E-state index in [4.69, 9.17) is 43.2 Å². The summed E-state index contributed by atoms with van der Waals surface area (Å²) >= 11 is 0. The number of benzene rings is 1. The first-order valence-electron chi connectivity index (χ1n) is 12.0. The largest absolute Gasteiger partial charge is 1.00 e. The Hall–Kier alpha value is -2.26. The molecule has 0 saturated heterocycles. The number of hydrogen-bond donors (Lipinski definition) is 1. The van der Waals surface area contributed by atoms with Gasteiger partial charge in [0.1, 0.15) is 12.4 Å². The maximum atomic E-state index is 13.3. The van der Waals surface area contributed by atoms with E-state index in [-0.39, 0.29) is 93.1 Å². The summed E-state index contributed by atoms with van der Waals surface area (Å²) in [6.07, 6.45) is -0.721. The van der Waals surface area contributed by atoms with Crippen molar-refractivity contribution in [3.63, 3.8) is 0 Å². The van der Waals surface area contributed by atoms with E-state index < -0.39 is 17.1 Å². The first kappa shape index (κ1) is 33.2. The van der Waals surface area contributed by atoms with Gasteiger partial charge in [0.05, 0.1) is 49.5 Å². The van der Waals surface area contributed by atoms with Crippen LogP contribution in [0.25, 0.3) is 22.3 Å². The Balaban J connectivity index is 0.00000462. The van der Waals surface area contributed by atoms with Crippen LogP contribution < -0.4 is 60.9 Å². The summed E-state index contributed by atoms with van der Waals surface area (Å²) in [7, 11) is 21.5. The molecule has 1 fully saturated rings. The van der Waals surface area contributed by atoms with Crippen LogP contribution in [0.5, 0.6) is 11.6 Å². The third kappa shape index (κ3) is 7.78. The minimum atomic E-state index is -4.71. The first-order valence-corrected chi connectivity index (χ1v) is 12.0. The summed E-state index contributed by atoms with van der Waals surface area (Å²) in [5, 5.41) is 10.5. The molecule has 16 heteroatoms. The molecule has 1 aliphatic rings. The van der Waals surface area contributed by atoms with Gasteiger partial charge in [-0.05, 0) is 24.3 Å². The van der Waals surface area contributed by atoms with Gasteiger partial charge in [0, 0.05) is 11.8 Å². The minimum absolute atomic E-state index is 0. The molecule has 4 rings (SSSR count). The number of halogens is 3. The Morgan fingerprint density at radius 3 is 2.29 bits per heavy atom. The molecule has 0 spiro atoms. The molecule has 1 aliphatic carbocycles. The molecule has 1 saturated carbocycles. The van der Waals surface area contributed by atoms with Crippen LogP contribution in [0, 0.1) is 11.3 Å². The van der Waals surface area contributed by atoms with Crippen LogP contribution in [0.2, 0.25) is 0 Å². The van der Waals surface area contributed by atoms with Crippen molar-refractivity contribution in [1.82, 2.24) is 19.5 Å². The van der Waals surface area contributed by atoms with Gasteiger partial charge in [-0.15, -0.1) is 12.7 Å². The number of allylic oxidation sites excluding steroid dienone is 1. The van der Waals surface area contributed by atoms with Gasteiger partial charge in [0.15, 0.2) is 17.3 Å².